The molecule has 25 heavy (non-hydrogen) atoms. The Hall–Kier alpha value is -3.06. The van der Waals surface area contributed by atoms with Crippen LogP contribution in [-0.2, 0) is 17.8 Å². The van der Waals surface area contributed by atoms with E-state index in [1.165, 1.54) is 5.56 Å². The lowest BCUT2D eigenvalue weighted by Crippen LogP contribution is -2.36. The topological polar surface area (TPSA) is 53.3 Å². The van der Waals surface area contributed by atoms with Crippen molar-refractivity contribution in [2.75, 3.05) is 13.7 Å². The third-order valence-electron chi connectivity index (χ3n) is 4.50. The van der Waals surface area contributed by atoms with Gasteiger partial charge in [-0.2, -0.15) is 5.26 Å². The van der Waals surface area contributed by atoms with Crippen LogP contribution in [0.4, 0.5) is 0 Å². The van der Waals surface area contributed by atoms with E-state index < -0.39 is 0 Å². The zero-order valence-corrected chi connectivity index (χ0v) is 14.5. The number of fused-ring (bicyclic) bond motifs is 1. The fraction of sp³-hybridized carbons (Fsp3) is 0.238. The fourth-order valence-electron chi connectivity index (χ4n) is 3.14. The summed E-state index contributed by atoms with van der Waals surface area (Å²) < 4.78 is 5.25. The van der Waals surface area contributed by atoms with E-state index in [4.69, 9.17) is 4.74 Å². The summed E-state index contributed by atoms with van der Waals surface area (Å²) >= 11 is 0. The van der Waals surface area contributed by atoms with Crippen molar-refractivity contribution in [2.45, 2.75) is 19.9 Å². The second-order valence-electron chi connectivity index (χ2n) is 6.14. The first-order chi connectivity index (χ1) is 12.1. The average Bonchev–Trinajstić information content (AvgIpc) is 2.65. The zero-order chi connectivity index (χ0) is 17.8. The van der Waals surface area contributed by atoms with Crippen LogP contribution in [0.2, 0.25) is 0 Å². The highest BCUT2D eigenvalue weighted by Crippen LogP contribution is 2.22. The second kappa shape index (κ2) is 7.23. The lowest BCUT2D eigenvalue weighted by atomic mass is 9.99. The number of benzene rings is 2. The highest BCUT2D eigenvalue weighted by atomic mass is 16.5. The van der Waals surface area contributed by atoms with Gasteiger partial charge in [-0.05, 0) is 53.8 Å². The van der Waals surface area contributed by atoms with E-state index in [0.717, 1.165) is 28.9 Å². The van der Waals surface area contributed by atoms with Gasteiger partial charge < -0.3 is 9.64 Å². The number of methoxy groups -OCH3 is 1. The van der Waals surface area contributed by atoms with E-state index >= 15 is 0 Å². The molecule has 1 aliphatic heterocycles. The minimum absolute atomic E-state index is 0.156. The first-order valence-corrected chi connectivity index (χ1v) is 8.25. The van der Waals surface area contributed by atoms with Crippen LogP contribution in [0, 0.1) is 18.3 Å². The molecule has 0 atom stereocenters. The molecule has 2 aromatic carbocycles. The number of rotatable bonds is 3. The van der Waals surface area contributed by atoms with Gasteiger partial charge in [-0.3, -0.25) is 4.79 Å². The maximum atomic E-state index is 12.8. The van der Waals surface area contributed by atoms with Gasteiger partial charge in [-0.25, -0.2) is 0 Å². The molecule has 1 heterocycles. The largest absolute Gasteiger partial charge is 0.496 e. The molecule has 4 heteroatoms. The SMILES string of the molecule is COc1ccc(/C=C(\C#N)C(=O)N2CCc3ccccc3C2)cc1C. The monoisotopic (exact) mass is 332 g/mol. The summed E-state index contributed by atoms with van der Waals surface area (Å²) in [6, 6.07) is 15.8. The van der Waals surface area contributed by atoms with Crippen LogP contribution in [0.25, 0.3) is 6.08 Å². The summed E-state index contributed by atoms with van der Waals surface area (Å²) in [6.07, 6.45) is 2.47. The molecular formula is C21H20N2O2. The molecule has 0 radical (unpaired) electrons. The van der Waals surface area contributed by atoms with Gasteiger partial charge in [0.25, 0.3) is 5.91 Å². The smallest absolute Gasteiger partial charge is 0.264 e. The molecule has 4 nitrogen and oxygen atoms in total. The predicted molar refractivity (Wildman–Crippen MR) is 96.9 cm³/mol. The Balaban J connectivity index is 1.83. The number of nitriles is 1. The van der Waals surface area contributed by atoms with Crippen LogP contribution >= 0.6 is 0 Å². The van der Waals surface area contributed by atoms with Gasteiger partial charge in [0.05, 0.1) is 7.11 Å². The minimum atomic E-state index is -0.217. The number of hydrogen-bond donors (Lipinski definition) is 0. The molecule has 0 spiro atoms. The second-order valence-corrected chi connectivity index (χ2v) is 6.14. The van der Waals surface area contributed by atoms with Crippen LogP contribution in [0.5, 0.6) is 5.75 Å². The summed E-state index contributed by atoms with van der Waals surface area (Å²) in [5.74, 6) is 0.570. The van der Waals surface area contributed by atoms with E-state index in [1.807, 2.05) is 43.3 Å². The number of nitrogens with zero attached hydrogens (tertiary/aromatic N) is 2. The zero-order valence-electron chi connectivity index (χ0n) is 14.5. The van der Waals surface area contributed by atoms with Crippen LogP contribution < -0.4 is 4.74 Å². The number of carbonyl (C=O) groups excluding carboxylic acids is 1. The van der Waals surface area contributed by atoms with Crippen molar-refractivity contribution in [1.82, 2.24) is 4.90 Å². The number of amides is 1. The van der Waals surface area contributed by atoms with E-state index in [2.05, 4.69) is 12.1 Å². The van der Waals surface area contributed by atoms with Crippen molar-refractivity contribution < 1.29 is 9.53 Å². The molecule has 0 saturated carbocycles. The highest BCUT2D eigenvalue weighted by Gasteiger charge is 2.23. The third kappa shape index (κ3) is 3.56. The molecule has 0 bridgehead atoms. The summed E-state index contributed by atoms with van der Waals surface area (Å²) in [5.41, 5.74) is 4.37. The van der Waals surface area contributed by atoms with Crippen molar-refractivity contribution in [3.05, 3.63) is 70.3 Å². The Morgan fingerprint density at radius 1 is 1.24 bits per heavy atom. The van der Waals surface area contributed by atoms with Gasteiger partial charge in [0.2, 0.25) is 0 Å². The molecule has 2 aromatic rings. The van der Waals surface area contributed by atoms with Gasteiger partial charge in [-0.1, -0.05) is 30.3 Å². The van der Waals surface area contributed by atoms with Crippen molar-refractivity contribution in [1.29, 1.82) is 5.26 Å². The number of carbonyl (C=O) groups is 1. The standard InChI is InChI=1S/C21H20N2O2/c1-15-11-16(7-8-20(15)25-2)12-19(13-22)21(24)23-10-9-17-5-3-4-6-18(17)14-23/h3-8,11-12H,9-10,14H2,1-2H3/b19-12+. The van der Waals surface area contributed by atoms with Crippen molar-refractivity contribution in [2.24, 2.45) is 0 Å². The highest BCUT2D eigenvalue weighted by molar-refractivity contribution is 6.01. The summed E-state index contributed by atoms with van der Waals surface area (Å²) in [5, 5.41) is 9.46. The molecule has 1 aliphatic rings. The summed E-state index contributed by atoms with van der Waals surface area (Å²) in [4.78, 5) is 14.5. The Bertz CT molecular complexity index is 878. The van der Waals surface area contributed by atoms with Crippen molar-refractivity contribution >= 4 is 12.0 Å². The molecule has 0 aromatic heterocycles. The van der Waals surface area contributed by atoms with E-state index in [0.29, 0.717) is 13.1 Å². The molecule has 1 amide bonds. The van der Waals surface area contributed by atoms with Crippen LogP contribution in [-0.4, -0.2) is 24.5 Å². The van der Waals surface area contributed by atoms with E-state index in [1.54, 1.807) is 18.1 Å². The lowest BCUT2D eigenvalue weighted by molar-refractivity contribution is -0.127. The van der Waals surface area contributed by atoms with Gasteiger partial charge in [0.15, 0.2) is 0 Å². The van der Waals surface area contributed by atoms with Crippen LogP contribution in [0.3, 0.4) is 0 Å². The maximum absolute atomic E-state index is 12.8. The lowest BCUT2D eigenvalue weighted by Gasteiger charge is -2.28. The first kappa shape index (κ1) is 16.8. The number of aryl methyl sites for hydroxylation is 1. The molecule has 0 saturated heterocycles. The van der Waals surface area contributed by atoms with Gasteiger partial charge in [-0.15, -0.1) is 0 Å². The van der Waals surface area contributed by atoms with Gasteiger partial charge in [0.1, 0.15) is 17.4 Å². The van der Waals surface area contributed by atoms with Gasteiger partial charge >= 0.3 is 0 Å². The molecule has 0 unspecified atom stereocenters. The van der Waals surface area contributed by atoms with E-state index in [9.17, 15) is 10.1 Å². The van der Waals surface area contributed by atoms with Gasteiger partial charge in [0, 0.05) is 13.1 Å². The molecule has 0 aliphatic carbocycles. The summed E-state index contributed by atoms with van der Waals surface area (Å²) in [7, 11) is 1.62. The molecular weight excluding hydrogens is 312 g/mol. The summed E-state index contributed by atoms with van der Waals surface area (Å²) in [6.45, 7) is 3.12. The fourth-order valence-corrected chi connectivity index (χ4v) is 3.14. The Labute approximate surface area is 148 Å². The van der Waals surface area contributed by atoms with Crippen molar-refractivity contribution in [3.63, 3.8) is 0 Å². The number of ether oxygens (including phenoxy) is 1. The predicted octanol–water partition coefficient (Wildman–Crippen LogP) is 3.50. The minimum Gasteiger partial charge on any atom is -0.496 e. The van der Waals surface area contributed by atoms with Crippen LogP contribution in [0.15, 0.2) is 48.0 Å². The Morgan fingerprint density at radius 3 is 2.68 bits per heavy atom. The average molecular weight is 332 g/mol. The molecule has 0 N–H and O–H groups in total. The van der Waals surface area contributed by atoms with E-state index in [-0.39, 0.29) is 11.5 Å². The first-order valence-electron chi connectivity index (χ1n) is 8.25. The number of hydrogen-bond acceptors (Lipinski definition) is 3. The quantitative estimate of drug-likeness (QED) is 0.638. The normalized spacial score (nSPS) is 13.8. The Morgan fingerprint density at radius 2 is 2.00 bits per heavy atom. The molecule has 3 rings (SSSR count). The van der Waals surface area contributed by atoms with Crippen molar-refractivity contribution in [3.8, 4) is 11.8 Å². The molecule has 0 fully saturated rings. The maximum Gasteiger partial charge on any atom is 0.264 e. The third-order valence-corrected chi connectivity index (χ3v) is 4.50. The van der Waals surface area contributed by atoms with Crippen LogP contribution in [0.1, 0.15) is 22.3 Å². The molecule has 126 valence electrons. The Kier molecular flexibility index (Phi) is 4.85.